The first-order valence-corrected chi connectivity index (χ1v) is 7.99. The topological polar surface area (TPSA) is 9.86 Å². The van der Waals surface area contributed by atoms with Gasteiger partial charge in [-0.25, -0.2) is 4.39 Å². The van der Waals surface area contributed by atoms with E-state index in [1.165, 1.54) is 0 Å². The van der Waals surface area contributed by atoms with E-state index in [0.29, 0.717) is 5.69 Å². The summed E-state index contributed by atoms with van der Waals surface area (Å²) in [6.45, 7) is 8.00. The number of hydrogen-bond donors (Lipinski definition) is 0. The predicted molar refractivity (Wildman–Crippen MR) is 91.7 cm³/mol. The van der Waals surface area contributed by atoms with E-state index in [9.17, 15) is 4.39 Å². The second kappa shape index (κ2) is 5.43. The van der Waals surface area contributed by atoms with Crippen molar-refractivity contribution in [1.82, 2.24) is 9.13 Å². The first-order valence-electron chi connectivity index (χ1n) is 7.20. The minimum absolute atomic E-state index is 0.237. The molecule has 0 N–H and O–H groups in total. The van der Waals surface area contributed by atoms with Crippen molar-refractivity contribution in [1.29, 1.82) is 0 Å². The Morgan fingerprint density at radius 1 is 0.773 bits per heavy atom. The van der Waals surface area contributed by atoms with Crippen LogP contribution in [-0.4, -0.2) is 9.13 Å². The zero-order valence-corrected chi connectivity index (χ0v) is 14.7. The van der Waals surface area contributed by atoms with E-state index in [1.54, 1.807) is 6.07 Å². The van der Waals surface area contributed by atoms with Gasteiger partial charge >= 0.3 is 0 Å². The Balaban J connectivity index is 2.22. The maximum absolute atomic E-state index is 14.8. The van der Waals surface area contributed by atoms with Gasteiger partial charge in [0.1, 0.15) is 5.82 Å². The lowest BCUT2D eigenvalue weighted by Gasteiger charge is -2.16. The number of benzene rings is 1. The Hall–Kier alpha value is -1.81. The molecule has 3 aromatic rings. The van der Waals surface area contributed by atoms with Crippen molar-refractivity contribution in [2.45, 2.75) is 27.7 Å². The van der Waals surface area contributed by atoms with Gasteiger partial charge in [-0.05, 0) is 74.0 Å². The van der Waals surface area contributed by atoms with Crippen LogP contribution in [0.25, 0.3) is 11.4 Å². The van der Waals surface area contributed by atoms with Crippen LogP contribution in [0.4, 0.5) is 4.39 Å². The number of nitrogens with zero attached hydrogens (tertiary/aromatic N) is 2. The minimum Gasteiger partial charge on any atom is -0.318 e. The second-order valence-corrected chi connectivity index (χ2v) is 6.52. The summed E-state index contributed by atoms with van der Waals surface area (Å²) >= 11 is 3.55. The molecular formula is C18H18BrFN2. The molecule has 0 fully saturated rings. The van der Waals surface area contributed by atoms with Crippen LogP contribution in [0.3, 0.4) is 0 Å². The number of halogens is 2. The van der Waals surface area contributed by atoms with Crippen LogP contribution in [-0.2, 0) is 0 Å². The number of aryl methyl sites for hydroxylation is 4. The number of hydrogen-bond acceptors (Lipinski definition) is 0. The fourth-order valence-corrected chi connectivity index (χ4v) is 3.59. The molecule has 2 nitrogen and oxygen atoms in total. The molecule has 0 aliphatic rings. The molecule has 22 heavy (non-hydrogen) atoms. The normalized spacial score (nSPS) is 11.2. The Bertz CT molecular complexity index is 796. The van der Waals surface area contributed by atoms with Crippen LogP contribution in [0.2, 0.25) is 0 Å². The smallest absolute Gasteiger partial charge is 0.150 e. The second-order valence-electron chi connectivity index (χ2n) is 5.66. The third-order valence-electron chi connectivity index (χ3n) is 4.03. The minimum atomic E-state index is -0.237. The maximum Gasteiger partial charge on any atom is 0.150 e. The molecule has 4 heteroatoms. The summed E-state index contributed by atoms with van der Waals surface area (Å²) in [5.41, 5.74) is 5.59. The fourth-order valence-electron chi connectivity index (χ4n) is 2.99. The standard InChI is InChI=1S/C18H18BrFN2/c1-11-5-6-12(2)21(11)15-9-16(19)18(17(20)10-15)22-13(3)7-8-14(22)4/h5-10H,1-4H3. The van der Waals surface area contributed by atoms with Crippen molar-refractivity contribution in [2.24, 2.45) is 0 Å². The van der Waals surface area contributed by atoms with Crippen molar-refractivity contribution in [2.75, 3.05) is 0 Å². The largest absolute Gasteiger partial charge is 0.318 e. The van der Waals surface area contributed by atoms with E-state index in [0.717, 1.165) is 32.9 Å². The summed E-state index contributed by atoms with van der Waals surface area (Å²) in [4.78, 5) is 0. The molecular weight excluding hydrogens is 343 g/mol. The lowest BCUT2D eigenvalue weighted by Crippen LogP contribution is -2.06. The predicted octanol–water partition coefficient (Wildman–Crippen LogP) is 5.40. The molecule has 0 unspecified atom stereocenters. The van der Waals surface area contributed by atoms with Gasteiger partial charge in [-0.1, -0.05) is 0 Å². The number of rotatable bonds is 2. The molecule has 0 saturated heterocycles. The Morgan fingerprint density at radius 2 is 1.23 bits per heavy atom. The van der Waals surface area contributed by atoms with Gasteiger partial charge in [0.05, 0.1) is 5.69 Å². The van der Waals surface area contributed by atoms with Crippen LogP contribution < -0.4 is 0 Å². The molecule has 0 aliphatic carbocycles. The van der Waals surface area contributed by atoms with Gasteiger partial charge in [0.25, 0.3) is 0 Å². The highest BCUT2D eigenvalue weighted by molar-refractivity contribution is 9.10. The summed E-state index contributed by atoms with van der Waals surface area (Å²) in [5, 5.41) is 0. The molecule has 3 rings (SSSR count). The lowest BCUT2D eigenvalue weighted by atomic mass is 10.2. The van der Waals surface area contributed by atoms with E-state index in [1.807, 2.05) is 67.2 Å². The highest BCUT2D eigenvalue weighted by atomic mass is 79.9. The molecule has 2 heterocycles. The molecule has 2 aromatic heterocycles. The fraction of sp³-hybridized carbons (Fsp3) is 0.222. The zero-order chi connectivity index (χ0) is 16.0. The highest BCUT2D eigenvalue weighted by Crippen LogP contribution is 2.31. The average molecular weight is 361 g/mol. The quantitative estimate of drug-likeness (QED) is 0.578. The van der Waals surface area contributed by atoms with Crippen molar-refractivity contribution in [3.8, 4) is 11.4 Å². The van der Waals surface area contributed by atoms with Gasteiger partial charge in [-0.2, -0.15) is 0 Å². The first kappa shape index (κ1) is 15.1. The third-order valence-corrected chi connectivity index (χ3v) is 4.63. The van der Waals surface area contributed by atoms with Gasteiger partial charge in [0, 0.05) is 39.0 Å². The number of aromatic nitrogens is 2. The molecule has 0 spiro atoms. The third kappa shape index (κ3) is 2.31. The average Bonchev–Trinajstić information content (AvgIpc) is 2.94. The molecule has 0 aliphatic heterocycles. The Kier molecular flexibility index (Phi) is 3.73. The molecule has 114 valence electrons. The highest BCUT2D eigenvalue weighted by Gasteiger charge is 2.16. The van der Waals surface area contributed by atoms with Crippen molar-refractivity contribution in [3.05, 3.63) is 69.5 Å². The summed E-state index contributed by atoms with van der Waals surface area (Å²) in [7, 11) is 0. The summed E-state index contributed by atoms with van der Waals surface area (Å²) in [5.74, 6) is -0.237. The SMILES string of the molecule is Cc1ccc(C)n1-c1cc(F)c(-n2c(C)ccc2C)c(Br)c1. The monoisotopic (exact) mass is 360 g/mol. The van der Waals surface area contributed by atoms with Crippen LogP contribution in [0, 0.1) is 33.5 Å². The van der Waals surface area contributed by atoms with E-state index in [4.69, 9.17) is 0 Å². The van der Waals surface area contributed by atoms with Gasteiger partial charge in [0.2, 0.25) is 0 Å². The van der Waals surface area contributed by atoms with Crippen LogP contribution in [0.1, 0.15) is 22.8 Å². The summed E-state index contributed by atoms with van der Waals surface area (Å²) in [6.07, 6.45) is 0. The van der Waals surface area contributed by atoms with Gasteiger partial charge in [-0.3, -0.25) is 0 Å². The van der Waals surface area contributed by atoms with E-state index >= 15 is 0 Å². The molecule has 1 aromatic carbocycles. The van der Waals surface area contributed by atoms with Crippen LogP contribution in [0.15, 0.2) is 40.9 Å². The summed E-state index contributed by atoms with van der Waals surface area (Å²) < 4.78 is 19.6. The van der Waals surface area contributed by atoms with Crippen LogP contribution in [0.5, 0.6) is 0 Å². The summed E-state index contributed by atoms with van der Waals surface area (Å²) in [6, 6.07) is 11.6. The Morgan fingerprint density at radius 3 is 1.68 bits per heavy atom. The zero-order valence-electron chi connectivity index (χ0n) is 13.1. The Labute approximate surface area is 138 Å². The lowest BCUT2D eigenvalue weighted by molar-refractivity contribution is 0.613. The maximum atomic E-state index is 14.8. The molecule has 0 atom stereocenters. The van der Waals surface area contributed by atoms with Crippen LogP contribution >= 0.6 is 15.9 Å². The molecule has 0 bridgehead atoms. The van der Waals surface area contributed by atoms with Crippen molar-refractivity contribution in [3.63, 3.8) is 0 Å². The van der Waals surface area contributed by atoms with E-state index < -0.39 is 0 Å². The van der Waals surface area contributed by atoms with Gasteiger partial charge in [-0.15, -0.1) is 0 Å². The van der Waals surface area contributed by atoms with Crippen molar-refractivity contribution < 1.29 is 4.39 Å². The van der Waals surface area contributed by atoms with Gasteiger partial charge < -0.3 is 9.13 Å². The molecule has 0 amide bonds. The van der Waals surface area contributed by atoms with E-state index in [-0.39, 0.29) is 5.82 Å². The van der Waals surface area contributed by atoms with Gasteiger partial charge in [0.15, 0.2) is 0 Å². The molecule has 0 radical (unpaired) electrons. The molecule has 0 saturated carbocycles. The van der Waals surface area contributed by atoms with E-state index in [2.05, 4.69) is 15.9 Å². The first-order chi connectivity index (χ1) is 10.4. The van der Waals surface area contributed by atoms with Crippen molar-refractivity contribution >= 4 is 15.9 Å².